The topological polar surface area (TPSA) is 80.6 Å². The molecule has 2 heterocycles. The molecule has 2 N–H and O–H groups in total. The first-order chi connectivity index (χ1) is 11.6. The van der Waals surface area contributed by atoms with Gasteiger partial charge in [-0.1, -0.05) is 18.2 Å². The number of anilines is 2. The molecule has 0 fully saturated rings. The summed E-state index contributed by atoms with van der Waals surface area (Å²) in [7, 11) is 0. The van der Waals surface area contributed by atoms with Gasteiger partial charge in [0.15, 0.2) is 11.9 Å². The lowest BCUT2D eigenvalue weighted by atomic mass is 10.2. The minimum atomic E-state index is -0.534. The highest BCUT2D eigenvalue weighted by Crippen LogP contribution is 2.32. The zero-order chi connectivity index (χ0) is 16.7. The van der Waals surface area contributed by atoms with E-state index in [1.807, 2.05) is 18.2 Å². The van der Waals surface area contributed by atoms with Gasteiger partial charge >= 0.3 is 0 Å². The average molecular weight is 322 g/mol. The number of rotatable bonds is 2. The second-order valence-corrected chi connectivity index (χ2v) is 5.56. The minimum absolute atomic E-state index is 0.219. The zero-order valence-corrected chi connectivity index (χ0v) is 12.8. The Morgan fingerprint density at radius 1 is 1.17 bits per heavy atom. The molecule has 0 bridgehead atoms. The lowest BCUT2D eigenvalue weighted by Crippen LogP contribution is -2.34. The van der Waals surface area contributed by atoms with E-state index in [4.69, 9.17) is 9.15 Å². The van der Waals surface area contributed by atoms with Crippen LogP contribution in [-0.4, -0.2) is 17.9 Å². The van der Waals surface area contributed by atoms with Crippen LogP contribution in [0.3, 0.4) is 0 Å². The molecule has 4 rings (SSSR count). The molecule has 2 aromatic carbocycles. The van der Waals surface area contributed by atoms with Gasteiger partial charge in [-0.3, -0.25) is 9.59 Å². The predicted octanol–water partition coefficient (Wildman–Crippen LogP) is 3.40. The van der Waals surface area contributed by atoms with Crippen molar-refractivity contribution in [3.8, 4) is 5.75 Å². The Labute approximate surface area is 137 Å². The summed E-state index contributed by atoms with van der Waals surface area (Å²) in [6.45, 7) is 1.68. The lowest BCUT2D eigenvalue weighted by molar-refractivity contribution is -0.122. The standard InChI is InChI=1S/C18H14N2O4/c1-10-17(21)20-13-9-12(6-7-15(13)23-10)19-18(22)16-8-11-4-2-3-5-14(11)24-16/h2-10H,1H3,(H,19,22)(H,20,21). The number of carbonyl (C=O) groups excluding carboxylic acids is 2. The molecule has 0 radical (unpaired) electrons. The number of benzene rings is 2. The van der Waals surface area contributed by atoms with Crippen LogP contribution in [0.5, 0.6) is 5.75 Å². The average Bonchev–Trinajstić information content (AvgIpc) is 3.00. The number of nitrogens with one attached hydrogen (secondary N) is 2. The van der Waals surface area contributed by atoms with E-state index < -0.39 is 6.10 Å². The van der Waals surface area contributed by atoms with Gasteiger partial charge in [-0.05, 0) is 37.3 Å². The van der Waals surface area contributed by atoms with Crippen molar-refractivity contribution in [3.63, 3.8) is 0 Å². The van der Waals surface area contributed by atoms with Crippen molar-refractivity contribution in [2.75, 3.05) is 10.6 Å². The summed E-state index contributed by atoms with van der Waals surface area (Å²) in [6, 6.07) is 14.2. The largest absolute Gasteiger partial charge is 0.479 e. The van der Waals surface area contributed by atoms with Crippen molar-refractivity contribution in [3.05, 3.63) is 54.3 Å². The molecule has 0 saturated carbocycles. The minimum Gasteiger partial charge on any atom is -0.479 e. The molecule has 0 aliphatic carbocycles. The van der Waals surface area contributed by atoms with E-state index in [0.717, 1.165) is 5.39 Å². The highest BCUT2D eigenvalue weighted by atomic mass is 16.5. The van der Waals surface area contributed by atoms with E-state index in [-0.39, 0.29) is 17.6 Å². The van der Waals surface area contributed by atoms with Crippen LogP contribution in [0.4, 0.5) is 11.4 Å². The van der Waals surface area contributed by atoms with Crippen LogP contribution in [0.2, 0.25) is 0 Å². The summed E-state index contributed by atoms with van der Waals surface area (Å²) < 4.78 is 11.0. The molecule has 120 valence electrons. The van der Waals surface area contributed by atoms with Crippen LogP contribution in [-0.2, 0) is 4.79 Å². The van der Waals surface area contributed by atoms with Gasteiger partial charge in [-0.25, -0.2) is 0 Å². The second-order valence-electron chi connectivity index (χ2n) is 5.56. The normalized spacial score (nSPS) is 16.2. The molecule has 6 heteroatoms. The van der Waals surface area contributed by atoms with Crippen molar-refractivity contribution in [1.82, 2.24) is 0 Å². The fourth-order valence-electron chi connectivity index (χ4n) is 2.57. The van der Waals surface area contributed by atoms with Crippen molar-refractivity contribution in [1.29, 1.82) is 0 Å². The summed E-state index contributed by atoms with van der Waals surface area (Å²) in [5.41, 5.74) is 1.72. The van der Waals surface area contributed by atoms with E-state index in [2.05, 4.69) is 10.6 Å². The number of furan rings is 1. The Hall–Kier alpha value is -3.28. The maximum Gasteiger partial charge on any atom is 0.291 e. The number of amides is 2. The monoisotopic (exact) mass is 322 g/mol. The number of fused-ring (bicyclic) bond motifs is 2. The van der Waals surface area contributed by atoms with Gasteiger partial charge in [0, 0.05) is 11.1 Å². The quantitative estimate of drug-likeness (QED) is 0.757. The Kier molecular flexibility index (Phi) is 3.23. The maximum absolute atomic E-state index is 12.3. The third kappa shape index (κ3) is 2.48. The Morgan fingerprint density at radius 3 is 2.83 bits per heavy atom. The van der Waals surface area contributed by atoms with Crippen molar-refractivity contribution in [2.24, 2.45) is 0 Å². The van der Waals surface area contributed by atoms with Crippen LogP contribution in [0.1, 0.15) is 17.5 Å². The fourth-order valence-corrected chi connectivity index (χ4v) is 2.57. The molecule has 24 heavy (non-hydrogen) atoms. The van der Waals surface area contributed by atoms with Gasteiger partial charge in [-0.15, -0.1) is 0 Å². The number of hydrogen-bond acceptors (Lipinski definition) is 4. The van der Waals surface area contributed by atoms with E-state index in [1.54, 1.807) is 37.3 Å². The number of para-hydroxylation sites is 1. The Balaban J connectivity index is 1.58. The first-order valence-corrected chi connectivity index (χ1v) is 7.52. The van der Waals surface area contributed by atoms with Crippen LogP contribution in [0.25, 0.3) is 11.0 Å². The van der Waals surface area contributed by atoms with Crippen LogP contribution in [0.15, 0.2) is 52.9 Å². The summed E-state index contributed by atoms with van der Waals surface area (Å²) in [4.78, 5) is 24.0. The molecule has 1 aliphatic rings. The second kappa shape index (κ2) is 5.42. The van der Waals surface area contributed by atoms with E-state index in [0.29, 0.717) is 22.7 Å². The molecule has 3 aromatic rings. The molecular formula is C18H14N2O4. The highest BCUT2D eigenvalue weighted by molar-refractivity contribution is 6.05. The highest BCUT2D eigenvalue weighted by Gasteiger charge is 2.24. The molecule has 0 spiro atoms. The van der Waals surface area contributed by atoms with Crippen LogP contribution >= 0.6 is 0 Å². The van der Waals surface area contributed by atoms with Crippen LogP contribution in [0, 0.1) is 0 Å². The number of hydrogen-bond donors (Lipinski definition) is 2. The molecule has 1 aromatic heterocycles. The molecule has 0 saturated heterocycles. The lowest BCUT2D eigenvalue weighted by Gasteiger charge is -2.23. The number of carbonyl (C=O) groups is 2. The van der Waals surface area contributed by atoms with Crippen LogP contribution < -0.4 is 15.4 Å². The first-order valence-electron chi connectivity index (χ1n) is 7.52. The van der Waals surface area contributed by atoms with Gasteiger partial charge in [0.2, 0.25) is 0 Å². The van der Waals surface area contributed by atoms with E-state index in [9.17, 15) is 9.59 Å². The van der Waals surface area contributed by atoms with Crippen molar-refractivity contribution >= 4 is 34.2 Å². The summed E-state index contributed by atoms with van der Waals surface area (Å²) >= 11 is 0. The van der Waals surface area contributed by atoms with Gasteiger partial charge in [0.05, 0.1) is 5.69 Å². The third-order valence-electron chi connectivity index (χ3n) is 3.82. The van der Waals surface area contributed by atoms with Gasteiger partial charge in [-0.2, -0.15) is 0 Å². The zero-order valence-electron chi connectivity index (χ0n) is 12.8. The van der Waals surface area contributed by atoms with Crippen molar-refractivity contribution < 1.29 is 18.7 Å². The van der Waals surface area contributed by atoms with Gasteiger partial charge < -0.3 is 19.8 Å². The van der Waals surface area contributed by atoms with E-state index >= 15 is 0 Å². The molecule has 1 atom stereocenters. The SMILES string of the molecule is CC1Oc2ccc(NC(=O)c3cc4ccccc4o3)cc2NC1=O. The Morgan fingerprint density at radius 2 is 2.00 bits per heavy atom. The molecular weight excluding hydrogens is 308 g/mol. The molecule has 2 amide bonds. The predicted molar refractivity (Wildman–Crippen MR) is 89.3 cm³/mol. The van der Waals surface area contributed by atoms with Crippen molar-refractivity contribution in [2.45, 2.75) is 13.0 Å². The summed E-state index contributed by atoms with van der Waals surface area (Å²) in [5.74, 6) is 0.220. The van der Waals surface area contributed by atoms with E-state index in [1.165, 1.54) is 0 Å². The first kappa shape index (κ1) is 14.3. The smallest absolute Gasteiger partial charge is 0.291 e. The summed E-state index contributed by atoms with van der Waals surface area (Å²) in [6.07, 6.45) is -0.534. The summed E-state index contributed by atoms with van der Waals surface area (Å²) in [5, 5.41) is 6.37. The maximum atomic E-state index is 12.3. The molecule has 1 aliphatic heterocycles. The Bertz CT molecular complexity index is 928. The fraction of sp³-hybridized carbons (Fsp3) is 0.111. The number of ether oxygens (including phenoxy) is 1. The molecule has 6 nitrogen and oxygen atoms in total. The van der Waals surface area contributed by atoms with Gasteiger partial charge in [0.25, 0.3) is 11.8 Å². The third-order valence-corrected chi connectivity index (χ3v) is 3.82. The molecule has 1 unspecified atom stereocenters. The van der Waals surface area contributed by atoms with Gasteiger partial charge in [0.1, 0.15) is 11.3 Å².